The molecule has 3 N–H and O–H groups in total. The predicted octanol–water partition coefficient (Wildman–Crippen LogP) is 0.839. The van der Waals surface area contributed by atoms with Crippen LogP contribution in [0.3, 0.4) is 0 Å². The third-order valence-electron chi connectivity index (χ3n) is 1.30. The minimum absolute atomic E-state index is 0.177. The molecule has 10 heavy (non-hydrogen) atoms. The molecule has 0 fully saturated rings. The monoisotopic (exact) mass is 163 g/mol. The highest BCUT2D eigenvalue weighted by Crippen LogP contribution is 2.05. The van der Waals surface area contributed by atoms with Crippen LogP contribution in [0.5, 0.6) is 0 Å². The van der Waals surface area contributed by atoms with Gasteiger partial charge in [0, 0.05) is 0 Å². The molecule has 0 aliphatic heterocycles. The van der Waals surface area contributed by atoms with Crippen LogP contribution >= 0.6 is 11.8 Å². The van der Waals surface area contributed by atoms with Crippen LogP contribution in [-0.4, -0.2) is 29.3 Å². The molecule has 0 bridgehead atoms. The van der Waals surface area contributed by atoms with Crippen molar-refractivity contribution in [3.05, 3.63) is 0 Å². The summed E-state index contributed by atoms with van der Waals surface area (Å²) in [6.07, 6.45) is 1.45. The second-order valence-corrected chi connectivity index (χ2v) is 3.61. The van der Waals surface area contributed by atoms with Crippen LogP contribution in [0.4, 0.5) is 0 Å². The lowest BCUT2D eigenvalue weighted by Gasteiger charge is -2.06. The fourth-order valence-electron chi connectivity index (χ4n) is 0.700. The van der Waals surface area contributed by atoms with Gasteiger partial charge in [0.2, 0.25) is 0 Å². The molecule has 0 aliphatic rings. The van der Waals surface area contributed by atoms with Gasteiger partial charge in [-0.2, -0.15) is 11.8 Å². The highest BCUT2D eigenvalue weighted by molar-refractivity contribution is 7.99. The SMILES string of the molecule is CCSCCC(O)CCN. The Labute approximate surface area is 67.2 Å². The highest BCUT2D eigenvalue weighted by Gasteiger charge is 2.00. The molecular formula is C7H17NOS. The largest absolute Gasteiger partial charge is 0.393 e. The summed E-state index contributed by atoms with van der Waals surface area (Å²) < 4.78 is 0. The van der Waals surface area contributed by atoms with E-state index in [1.807, 2.05) is 11.8 Å². The van der Waals surface area contributed by atoms with Gasteiger partial charge < -0.3 is 10.8 Å². The van der Waals surface area contributed by atoms with E-state index < -0.39 is 0 Å². The van der Waals surface area contributed by atoms with E-state index in [1.165, 1.54) is 0 Å². The Balaban J connectivity index is 2.97. The fourth-order valence-corrected chi connectivity index (χ4v) is 1.43. The summed E-state index contributed by atoms with van der Waals surface area (Å²) in [6.45, 7) is 2.72. The Morgan fingerprint density at radius 1 is 1.50 bits per heavy atom. The molecule has 0 heterocycles. The van der Waals surface area contributed by atoms with Crippen molar-refractivity contribution in [3.8, 4) is 0 Å². The molecule has 1 atom stereocenters. The zero-order valence-electron chi connectivity index (χ0n) is 6.55. The number of rotatable bonds is 6. The Hall–Kier alpha value is 0.270. The molecule has 62 valence electrons. The van der Waals surface area contributed by atoms with Gasteiger partial charge in [-0.3, -0.25) is 0 Å². The molecule has 0 aromatic heterocycles. The molecule has 0 aromatic rings. The minimum Gasteiger partial charge on any atom is -0.393 e. The van der Waals surface area contributed by atoms with Crippen LogP contribution in [0.15, 0.2) is 0 Å². The average molecular weight is 163 g/mol. The predicted molar refractivity (Wildman–Crippen MR) is 47.3 cm³/mol. The molecule has 0 aliphatic carbocycles. The lowest BCUT2D eigenvalue weighted by Crippen LogP contribution is -2.13. The Morgan fingerprint density at radius 3 is 2.70 bits per heavy atom. The first-order valence-electron chi connectivity index (χ1n) is 3.77. The van der Waals surface area contributed by atoms with Gasteiger partial charge >= 0.3 is 0 Å². The molecule has 0 rings (SSSR count). The molecule has 0 saturated carbocycles. The number of hydrogen-bond acceptors (Lipinski definition) is 3. The maximum Gasteiger partial charge on any atom is 0.0560 e. The summed E-state index contributed by atoms with van der Waals surface area (Å²) in [6, 6.07) is 0. The normalized spacial score (nSPS) is 13.5. The number of nitrogens with two attached hydrogens (primary N) is 1. The van der Waals surface area contributed by atoms with Gasteiger partial charge in [-0.05, 0) is 30.9 Å². The van der Waals surface area contributed by atoms with Crippen molar-refractivity contribution in [2.75, 3.05) is 18.1 Å². The van der Waals surface area contributed by atoms with Crippen LogP contribution in [0.2, 0.25) is 0 Å². The average Bonchev–Trinajstić information content (AvgIpc) is 1.89. The maximum atomic E-state index is 9.18. The molecule has 3 heteroatoms. The fraction of sp³-hybridized carbons (Fsp3) is 1.00. The first-order chi connectivity index (χ1) is 4.81. The van der Waals surface area contributed by atoms with E-state index in [0.29, 0.717) is 6.54 Å². The molecule has 0 aromatic carbocycles. The van der Waals surface area contributed by atoms with Gasteiger partial charge in [0.1, 0.15) is 0 Å². The third kappa shape index (κ3) is 6.39. The van der Waals surface area contributed by atoms with E-state index >= 15 is 0 Å². The summed E-state index contributed by atoms with van der Waals surface area (Å²) in [5, 5.41) is 9.18. The smallest absolute Gasteiger partial charge is 0.0560 e. The van der Waals surface area contributed by atoms with Crippen LogP contribution in [-0.2, 0) is 0 Å². The summed E-state index contributed by atoms with van der Waals surface area (Å²) in [7, 11) is 0. The number of thioether (sulfide) groups is 1. The Bertz CT molecular complexity index is 70.6. The van der Waals surface area contributed by atoms with Gasteiger partial charge in [0.25, 0.3) is 0 Å². The summed E-state index contributed by atoms with van der Waals surface area (Å²) >= 11 is 1.86. The number of hydrogen-bond donors (Lipinski definition) is 2. The summed E-state index contributed by atoms with van der Waals surface area (Å²) in [5.74, 6) is 2.19. The highest BCUT2D eigenvalue weighted by atomic mass is 32.2. The Kier molecular flexibility index (Phi) is 7.58. The first-order valence-corrected chi connectivity index (χ1v) is 4.92. The van der Waals surface area contributed by atoms with Crippen LogP contribution in [0, 0.1) is 0 Å². The van der Waals surface area contributed by atoms with E-state index in [2.05, 4.69) is 6.92 Å². The van der Waals surface area contributed by atoms with Gasteiger partial charge in [-0.1, -0.05) is 6.92 Å². The van der Waals surface area contributed by atoms with Crippen LogP contribution < -0.4 is 5.73 Å². The maximum absolute atomic E-state index is 9.18. The second kappa shape index (κ2) is 7.38. The van der Waals surface area contributed by atoms with Gasteiger partial charge in [-0.15, -0.1) is 0 Å². The summed E-state index contributed by atoms with van der Waals surface area (Å²) in [4.78, 5) is 0. The molecule has 1 unspecified atom stereocenters. The molecule has 0 saturated heterocycles. The van der Waals surface area contributed by atoms with Crippen molar-refractivity contribution >= 4 is 11.8 Å². The molecular weight excluding hydrogens is 146 g/mol. The van der Waals surface area contributed by atoms with Crippen LogP contribution in [0.25, 0.3) is 0 Å². The quantitative estimate of drug-likeness (QED) is 0.570. The molecule has 2 nitrogen and oxygen atoms in total. The van der Waals surface area contributed by atoms with Crippen molar-refractivity contribution in [1.82, 2.24) is 0 Å². The van der Waals surface area contributed by atoms with Crippen molar-refractivity contribution in [2.45, 2.75) is 25.9 Å². The zero-order chi connectivity index (χ0) is 7.82. The van der Waals surface area contributed by atoms with E-state index in [4.69, 9.17) is 5.73 Å². The number of aliphatic hydroxyl groups excluding tert-OH is 1. The molecule has 0 radical (unpaired) electrons. The topological polar surface area (TPSA) is 46.2 Å². The van der Waals surface area contributed by atoms with E-state index in [9.17, 15) is 5.11 Å². The van der Waals surface area contributed by atoms with E-state index in [0.717, 1.165) is 24.3 Å². The second-order valence-electron chi connectivity index (χ2n) is 2.22. The lowest BCUT2D eigenvalue weighted by molar-refractivity contribution is 0.164. The van der Waals surface area contributed by atoms with E-state index in [1.54, 1.807) is 0 Å². The van der Waals surface area contributed by atoms with Gasteiger partial charge in [0.05, 0.1) is 6.10 Å². The van der Waals surface area contributed by atoms with E-state index in [-0.39, 0.29) is 6.10 Å². The zero-order valence-corrected chi connectivity index (χ0v) is 7.36. The van der Waals surface area contributed by atoms with Crippen molar-refractivity contribution in [2.24, 2.45) is 5.73 Å². The molecule has 0 amide bonds. The standard InChI is InChI=1S/C7H17NOS/c1-2-10-6-4-7(9)3-5-8/h7,9H,2-6,8H2,1H3. The number of aliphatic hydroxyl groups is 1. The van der Waals surface area contributed by atoms with Gasteiger partial charge in [-0.25, -0.2) is 0 Å². The Morgan fingerprint density at radius 2 is 2.20 bits per heavy atom. The first kappa shape index (κ1) is 10.3. The van der Waals surface area contributed by atoms with Crippen molar-refractivity contribution in [3.63, 3.8) is 0 Å². The van der Waals surface area contributed by atoms with Crippen molar-refractivity contribution in [1.29, 1.82) is 0 Å². The van der Waals surface area contributed by atoms with Crippen molar-refractivity contribution < 1.29 is 5.11 Å². The molecule has 0 spiro atoms. The van der Waals surface area contributed by atoms with Gasteiger partial charge in [0.15, 0.2) is 0 Å². The minimum atomic E-state index is -0.177. The van der Waals surface area contributed by atoms with Crippen LogP contribution in [0.1, 0.15) is 19.8 Å². The third-order valence-corrected chi connectivity index (χ3v) is 2.23. The summed E-state index contributed by atoms with van der Waals surface area (Å²) in [5.41, 5.74) is 5.27. The lowest BCUT2D eigenvalue weighted by atomic mass is 10.2.